The lowest BCUT2D eigenvalue weighted by Gasteiger charge is -2.11. The predicted octanol–water partition coefficient (Wildman–Crippen LogP) is 3.42. The number of hydrogen-bond donors (Lipinski definition) is 1. The highest BCUT2D eigenvalue weighted by molar-refractivity contribution is 7.10. The Balaban J connectivity index is 2.25. The molecule has 0 aliphatic rings. The predicted molar refractivity (Wildman–Crippen MR) is 77.2 cm³/mol. The van der Waals surface area contributed by atoms with Gasteiger partial charge in [-0.3, -0.25) is 4.68 Å². The van der Waals surface area contributed by atoms with Crippen LogP contribution < -0.4 is 5.73 Å². The Hall–Kier alpha value is -0.840. The Morgan fingerprint density at radius 1 is 1.50 bits per heavy atom. The normalized spacial score (nSPS) is 12.9. The number of nitrogens with two attached hydrogens (primary N) is 1. The van der Waals surface area contributed by atoms with Crippen LogP contribution >= 0.6 is 22.9 Å². The monoisotopic (exact) mass is 283 g/mol. The summed E-state index contributed by atoms with van der Waals surface area (Å²) < 4.78 is 1.97. The Kier molecular flexibility index (Phi) is 4.43. The Morgan fingerprint density at radius 2 is 2.28 bits per heavy atom. The highest BCUT2D eigenvalue weighted by Gasteiger charge is 2.18. The van der Waals surface area contributed by atoms with E-state index in [0.29, 0.717) is 0 Å². The molecule has 0 radical (unpaired) electrons. The van der Waals surface area contributed by atoms with Crippen LogP contribution in [0.15, 0.2) is 17.5 Å². The van der Waals surface area contributed by atoms with Crippen LogP contribution in [0.4, 0.5) is 0 Å². The van der Waals surface area contributed by atoms with Crippen molar-refractivity contribution < 1.29 is 0 Å². The fraction of sp³-hybridized carbons (Fsp3) is 0.462. The van der Waals surface area contributed by atoms with Gasteiger partial charge in [0.05, 0.1) is 16.4 Å². The molecule has 2 aromatic heterocycles. The summed E-state index contributed by atoms with van der Waals surface area (Å²) >= 11 is 8.06. The van der Waals surface area contributed by atoms with Crippen LogP contribution in [0.3, 0.4) is 0 Å². The molecule has 0 bridgehead atoms. The molecule has 3 nitrogen and oxygen atoms in total. The van der Waals surface area contributed by atoms with E-state index in [0.717, 1.165) is 35.8 Å². The van der Waals surface area contributed by atoms with Crippen molar-refractivity contribution in [1.29, 1.82) is 0 Å². The maximum absolute atomic E-state index is 6.38. The van der Waals surface area contributed by atoms with Crippen molar-refractivity contribution in [3.63, 3.8) is 0 Å². The SMILES string of the molecule is CCc1nn(CC)c(CC(N)c2cccs2)c1Cl. The minimum Gasteiger partial charge on any atom is -0.323 e. The minimum absolute atomic E-state index is 0.00536. The van der Waals surface area contributed by atoms with Gasteiger partial charge in [0.15, 0.2) is 0 Å². The number of rotatable bonds is 5. The molecule has 1 atom stereocenters. The summed E-state index contributed by atoms with van der Waals surface area (Å²) in [5.41, 5.74) is 8.24. The summed E-state index contributed by atoms with van der Waals surface area (Å²) in [5, 5.41) is 7.34. The van der Waals surface area contributed by atoms with Crippen LogP contribution in [0.2, 0.25) is 5.02 Å². The van der Waals surface area contributed by atoms with E-state index in [9.17, 15) is 0 Å². The van der Waals surface area contributed by atoms with Crippen LogP contribution in [-0.4, -0.2) is 9.78 Å². The summed E-state index contributed by atoms with van der Waals surface area (Å²) in [4.78, 5) is 1.19. The molecule has 5 heteroatoms. The summed E-state index contributed by atoms with van der Waals surface area (Å²) in [7, 11) is 0. The molecule has 0 aliphatic heterocycles. The summed E-state index contributed by atoms with van der Waals surface area (Å²) in [6.07, 6.45) is 1.59. The van der Waals surface area contributed by atoms with E-state index in [1.165, 1.54) is 4.88 Å². The number of nitrogens with zero attached hydrogens (tertiary/aromatic N) is 2. The third-order valence-corrected chi connectivity index (χ3v) is 4.46. The molecule has 0 saturated heterocycles. The second-order valence-electron chi connectivity index (χ2n) is 4.20. The largest absolute Gasteiger partial charge is 0.323 e. The third-order valence-electron chi connectivity index (χ3n) is 3.02. The highest BCUT2D eigenvalue weighted by atomic mass is 35.5. The molecule has 2 aromatic rings. The van der Waals surface area contributed by atoms with Gasteiger partial charge in [-0.05, 0) is 24.8 Å². The van der Waals surface area contributed by atoms with Gasteiger partial charge in [-0.15, -0.1) is 11.3 Å². The second kappa shape index (κ2) is 5.87. The summed E-state index contributed by atoms with van der Waals surface area (Å²) in [6.45, 7) is 4.96. The molecular weight excluding hydrogens is 266 g/mol. The molecule has 2 rings (SSSR count). The van der Waals surface area contributed by atoms with Gasteiger partial charge in [0.2, 0.25) is 0 Å². The van der Waals surface area contributed by atoms with Crippen LogP contribution in [0, 0.1) is 0 Å². The summed E-state index contributed by atoms with van der Waals surface area (Å²) in [5.74, 6) is 0. The molecule has 0 aromatic carbocycles. The van der Waals surface area contributed by atoms with E-state index in [2.05, 4.69) is 25.0 Å². The fourth-order valence-corrected chi connectivity index (χ4v) is 3.10. The molecule has 98 valence electrons. The third kappa shape index (κ3) is 2.60. The number of hydrogen-bond acceptors (Lipinski definition) is 3. The van der Waals surface area contributed by atoms with Crippen molar-refractivity contribution in [3.8, 4) is 0 Å². The molecule has 1 unspecified atom stereocenters. The van der Waals surface area contributed by atoms with E-state index in [1.807, 2.05) is 16.1 Å². The Labute approximate surface area is 117 Å². The second-order valence-corrected chi connectivity index (χ2v) is 5.56. The molecule has 0 aliphatic carbocycles. The van der Waals surface area contributed by atoms with Gasteiger partial charge in [0, 0.05) is 23.9 Å². The molecule has 2 heterocycles. The van der Waals surface area contributed by atoms with Crippen molar-refractivity contribution in [2.45, 2.75) is 39.3 Å². The average molecular weight is 284 g/mol. The van der Waals surface area contributed by atoms with Gasteiger partial charge < -0.3 is 5.73 Å². The van der Waals surface area contributed by atoms with Crippen molar-refractivity contribution in [2.24, 2.45) is 5.73 Å². The molecule has 0 saturated carbocycles. The fourth-order valence-electron chi connectivity index (χ4n) is 2.02. The number of aromatic nitrogens is 2. The lowest BCUT2D eigenvalue weighted by molar-refractivity contribution is 0.588. The molecular formula is C13H18ClN3S. The molecule has 0 fully saturated rings. The summed E-state index contributed by atoms with van der Waals surface area (Å²) in [6, 6.07) is 4.08. The van der Waals surface area contributed by atoms with Gasteiger partial charge in [-0.1, -0.05) is 24.6 Å². The van der Waals surface area contributed by atoms with Crippen LogP contribution in [0.1, 0.15) is 36.2 Å². The first-order chi connectivity index (χ1) is 8.67. The van der Waals surface area contributed by atoms with E-state index in [1.54, 1.807) is 11.3 Å². The van der Waals surface area contributed by atoms with Crippen molar-refractivity contribution in [2.75, 3.05) is 0 Å². The van der Waals surface area contributed by atoms with Crippen LogP contribution in [-0.2, 0) is 19.4 Å². The van der Waals surface area contributed by atoms with E-state index >= 15 is 0 Å². The molecule has 18 heavy (non-hydrogen) atoms. The minimum atomic E-state index is -0.00536. The molecule has 2 N–H and O–H groups in total. The quantitative estimate of drug-likeness (QED) is 0.914. The average Bonchev–Trinajstić information content (AvgIpc) is 2.99. The highest BCUT2D eigenvalue weighted by Crippen LogP contribution is 2.27. The van der Waals surface area contributed by atoms with E-state index in [-0.39, 0.29) is 6.04 Å². The molecule has 0 spiro atoms. The van der Waals surface area contributed by atoms with Gasteiger partial charge in [0.25, 0.3) is 0 Å². The van der Waals surface area contributed by atoms with Gasteiger partial charge >= 0.3 is 0 Å². The first kappa shape index (κ1) is 13.6. The van der Waals surface area contributed by atoms with Crippen molar-refractivity contribution in [3.05, 3.63) is 38.8 Å². The van der Waals surface area contributed by atoms with Crippen molar-refractivity contribution in [1.82, 2.24) is 9.78 Å². The zero-order valence-electron chi connectivity index (χ0n) is 10.7. The van der Waals surface area contributed by atoms with Crippen molar-refractivity contribution >= 4 is 22.9 Å². The standard InChI is InChI=1S/C13H18ClN3S/c1-3-10-13(14)11(17(4-2)16-10)8-9(15)12-6-5-7-18-12/h5-7,9H,3-4,8,15H2,1-2H3. The molecule has 0 amide bonds. The first-order valence-electron chi connectivity index (χ1n) is 6.20. The number of aryl methyl sites for hydroxylation is 2. The topological polar surface area (TPSA) is 43.8 Å². The maximum atomic E-state index is 6.38. The lowest BCUT2D eigenvalue weighted by Crippen LogP contribution is -2.15. The maximum Gasteiger partial charge on any atom is 0.0850 e. The smallest absolute Gasteiger partial charge is 0.0850 e. The lowest BCUT2D eigenvalue weighted by atomic mass is 10.1. The number of halogens is 1. The van der Waals surface area contributed by atoms with Crippen LogP contribution in [0.25, 0.3) is 0 Å². The van der Waals surface area contributed by atoms with Crippen LogP contribution in [0.5, 0.6) is 0 Å². The number of thiophene rings is 1. The van der Waals surface area contributed by atoms with E-state index in [4.69, 9.17) is 17.3 Å². The van der Waals surface area contributed by atoms with Gasteiger partial charge in [-0.25, -0.2) is 0 Å². The van der Waals surface area contributed by atoms with Gasteiger partial charge in [-0.2, -0.15) is 5.10 Å². The van der Waals surface area contributed by atoms with Gasteiger partial charge in [0.1, 0.15) is 0 Å². The zero-order chi connectivity index (χ0) is 13.1. The Bertz CT molecular complexity index is 505. The zero-order valence-corrected chi connectivity index (χ0v) is 12.3. The Morgan fingerprint density at radius 3 is 2.83 bits per heavy atom. The first-order valence-corrected chi connectivity index (χ1v) is 7.46. The van der Waals surface area contributed by atoms with E-state index < -0.39 is 0 Å².